The van der Waals surface area contributed by atoms with E-state index in [-0.39, 0.29) is 11.9 Å². The van der Waals surface area contributed by atoms with E-state index in [1.165, 1.54) is 24.3 Å². The third-order valence-electron chi connectivity index (χ3n) is 2.70. The van der Waals surface area contributed by atoms with Gasteiger partial charge in [-0.05, 0) is 41.6 Å². The molecule has 0 atom stereocenters. The molecule has 1 heterocycles. The van der Waals surface area contributed by atoms with Crippen LogP contribution in [0.1, 0.15) is 0 Å². The van der Waals surface area contributed by atoms with Crippen LogP contribution in [-0.4, -0.2) is 16.2 Å². The second kappa shape index (κ2) is 6.04. The number of amides is 1. The van der Waals surface area contributed by atoms with Crippen molar-refractivity contribution in [3.05, 3.63) is 60.4 Å². The standard InChI is InChI=1S/C15H10FN3O3/c16-11-6-8-12(9-7-11)17-15(20)21-14-18-13(22-19-14)10-4-2-1-3-5-10/h1-9H,(H,17,20). The van der Waals surface area contributed by atoms with Crippen LogP contribution in [0.4, 0.5) is 14.9 Å². The van der Waals surface area contributed by atoms with Gasteiger partial charge in [0.15, 0.2) is 0 Å². The Morgan fingerprint density at radius 2 is 1.82 bits per heavy atom. The number of nitrogens with one attached hydrogen (secondary N) is 1. The number of ether oxygens (including phenoxy) is 1. The summed E-state index contributed by atoms with van der Waals surface area (Å²) in [5.41, 5.74) is 1.10. The van der Waals surface area contributed by atoms with E-state index in [4.69, 9.17) is 9.26 Å². The van der Waals surface area contributed by atoms with Crippen molar-refractivity contribution in [2.75, 3.05) is 5.32 Å². The summed E-state index contributed by atoms with van der Waals surface area (Å²) in [6.45, 7) is 0. The van der Waals surface area contributed by atoms with Crippen molar-refractivity contribution in [1.82, 2.24) is 10.1 Å². The van der Waals surface area contributed by atoms with Gasteiger partial charge in [0.1, 0.15) is 5.82 Å². The minimum absolute atomic E-state index is 0.210. The summed E-state index contributed by atoms with van der Waals surface area (Å²) in [5.74, 6) is -0.158. The molecule has 22 heavy (non-hydrogen) atoms. The van der Waals surface area contributed by atoms with Crippen LogP contribution >= 0.6 is 0 Å². The Morgan fingerprint density at radius 1 is 1.09 bits per heavy atom. The Labute approximate surface area is 124 Å². The van der Waals surface area contributed by atoms with Crippen molar-refractivity contribution in [1.29, 1.82) is 0 Å². The summed E-state index contributed by atoms with van der Waals surface area (Å²) in [4.78, 5) is 15.6. The molecule has 3 rings (SSSR count). The second-order valence-corrected chi connectivity index (χ2v) is 4.27. The summed E-state index contributed by atoms with van der Waals surface area (Å²) >= 11 is 0. The molecule has 0 radical (unpaired) electrons. The van der Waals surface area contributed by atoms with Gasteiger partial charge >= 0.3 is 12.1 Å². The van der Waals surface area contributed by atoms with E-state index in [9.17, 15) is 9.18 Å². The molecule has 6 nitrogen and oxygen atoms in total. The van der Waals surface area contributed by atoms with Crippen molar-refractivity contribution >= 4 is 11.8 Å². The highest BCUT2D eigenvalue weighted by molar-refractivity contribution is 5.85. The van der Waals surface area contributed by atoms with Crippen molar-refractivity contribution in [3.8, 4) is 17.5 Å². The van der Waals surface area contributed by atoms with Crippen LogP contribution in [0.3, 0.4) is 0 Å². The maximum Gasteiger partial charge on any atom is 0.419 e. The van der Waals surface area contributed by atoms with Gasteiger partial charge in [0.05, 0.1) is 0 Å². The summed E-state index contributed by atoms with van der Waals surface area (Å²) in [5, 5.41) is 5.98. The normalized spacial score (nSPS) is 10.2. The lowest BCUT2D eigenvalue weighted by molar-refractivity contribution is 0.209. The van der Waals surface area contributed by atoms with E-state index in [0.717, 1.165) is 0 Å². The molecule has 0 saturated heterocycles. The molecule has 0 unspecified atom stereocenters. The first kappa shape index (κ1) is 13.7. The van der Waals surface area contributed by atoms with Crippen molar-refractivity contribution < 1.29 is 18.4 Å². The highest BCUT2D eigenvalue weighted by Crippen LogP contribution is 2.19. The maximum atomic E-state index is 12.8. The Bertz CT molecular complexity index is 772. The molecule has 0 fully saturated rings. The molecular weight excluding hydrogens is 289 g/mol. The number of rotatable bonds is 3. The Balaban J connectivity index is 1.65. The molecule has 0 aliphatic carbocycles. The fourth-order valence-electron chi connectivity index (χ4n) is 1.71. The monoisotopic (exact) mass is 299 g/mol. The van der Waals surface area contributed by atoms with Gasteiger partial charge < -0.3 is 9.26 Å². The zero-order valence-corrected chi connectivity index (χ0v) is 11.2. The van der Waals surface area contributed by atoms with Crippen LogP contribution in [0.25, 0.3) is 11.5 Å². The first-order valence-corrected chi connectivity index (χ1v) is 6.34. The Morgan fingerprint density at radius 3 is 2.55 bits per heavy atom. The minimum Gasteiger partial charge on any atom is -0.372 e. The molecule has 1 amide bonds. The maximum absolute atomic E-state index is 12.8. The average Bonchev–Trinajstić information content (AvgIpc) is 2.99. The second-order valence-electron chi connectivity index (χ2n) is 4.27. The molecule has 0 spiro atoms. The fraction of sp³-hybridized carbons (Fsp3) is 0. The topological polar surface area (TPSA) is 77.2 Å². The summed E-state index contributed by atoms with van der Waals surface area (Å²) in [7, 11) is 0. The Hall–Kier alpha value is -3.22. The quantitative estimate of drug-likeness (QED) is 0.801. The number of hydrogen-bond donors (Lipinski definition) is 1. The fourth-order valence-corrected chi connectivity index (χ4v) is 1.71. The lowest BCUT2D eigenvalue weighted by Gasteiger charge is -2.02. The third kappa shape index (κ3) is 3.26. The third-order valence-corrected chi connectivity index (χ3v) is 2.70. The van der Waals surface area contributed by atoms with Crippen LogP contribution in [0.5, 0.6) is 6.01 Å². The molecule has 2 aromatic carbocycles. The van der Waals surface area contributed by atoms with E-state index < -0.39 is 11.9 Å². The number of benzene rings is 2. The number of anilines is 1. The van der Waals surface area contributed by atoms with E-state index in [1.54, 1.807) is 12.1 Å². The number of hydrogen-bond acceptors (Lipinski definition) is 5. The summed E-state index contributed by atoms with van der Waals surface area (Å²) in [6.07, 6.45) is -0.799. The average molecular weight is 299 g/mol. The largest absolute Gasteiger partial charge is 0.419 e. The summed E-state index contributed by atoms with van der Waals surface area (Å²) in [6, 6.07) is 14.1. The van der Waals surface area contributed by atoms with Gasteiger partial charge in [-0.2, -0.15) is 4.98 Å². The van der Waals surface area contributed by atoms with Crippen LogP contribution in [-0.2, 0) is 0 Å². The van der Waals surface area contributed by atoms with Crippen LogP contribution in [0.15, 0.2) is 59.1 Å². The number of carbonyl (C=O) groups is 1. The van der Waals surface area contributed by atoms with Gasteiger partial charge in [-0.15, -0.1) is 0 Å². The van der Waals surface area contributed by atoms with Crippen molar-refractivity contribution in [3.63, 3.8) is 0 Å². The first-order chi connectivity index (χ1) is 10.7. The van der Waals surface area contributed by atoms with Crippen LogP contribution < -0.4 is 10.1 Å². The van der Waals surface area contributed by atoms with Gasteiger partial charge in [0, 0.05) is 11.3 Å². The van der Waals surface area contributed by atoms with E-state index in [1.807, 2.05) is 18.2 Å². The smallest absolute Gasteiger partial charge is 0.372 e. The zero-order chi connectivity index (χ0) is 15.4. The molecule has 7 heteroatoms. The molecule has 110 valence electrons. The molecule has 3 aromatic rings. The number of aromatic nitrogens is 2. The van der Waals surface area contributed by atoms with Gasteiger partial charge in [0.2, 0.25) is 0 Å². The molecule has 1 N–H and O–H groups in total. The van der Waals surface area contributed by atoms with Gasteiger partial charge in [0.25, 0.3) is 5.89 Å². The van der Waals surface area contributed by atoms with E-state index in [0.29, 0.717) is 11.3 Å². The molecular formula is C15H10FN3O3. The molecule has 1 aromatic heterocycles. The number of nitrogens with zero attached hydrogens (tertiary/aromatic N) is 2. The predicted molar refractivity (Wildman–Crippen MR) is 75.8 cm³/mol. The Kier molecular flexibility index (Phi) is 3.78. The predicted octanol–water partition coefficient (Wildman–Crippen LogP) is 3.49. The van der Waals surface area contributed by atoms with Crippen LogP contribution in [0, 0.1) is 5.82 Å². The van der Waals surface area contributed by atoms with Crippen molar-refractivity contribution in [2.45, 2.75) is 0 Å². The SMILES string of the molecule is O=C(Nc1ccc(F)cc1)Oc1noc(-c2ccccc2)n1. The van der Waals surface area contributed by atoms with E-state index in [2.05, 4.69) is 15.5 Å². The zero-order valence-electron chi connectivity index (χ0n) is 11.2. The lowest BCUT2D eigenvalue weighted by Crippen LogP contribution is -2.17. The highest BCUT2D eigenvalue weighted by Gasteiger charge is 2.13. The highest BCUT2D eigenvalue weighted by atomic mass is 19.1. The summed E-state index contributed by atoms with van der Waals surface area (Å²) < 4.78 is 22.7. The minimum atomic E-state index is -0.799. The molecule has 0 bridgehead atoms. The van der Waals surface area contributed by atoms with Gasteiger partial charge in [-0.3, -0.25) is 5.32 Å². The van der Waals surface area contributed by atoms with Crippen LogP contribution in [0.2, 0.25) is 0 Å². The first-order valence-electron chi connectivity index (χ1n) is 6.34. The van der Waals surface area contributed by atoms with Gasteiger partial charge in [-0.25, -0.2) is 9.18 Å². The number of halogens is 1. The molecule has 0 aliphatic heterocycles. The van der Waals surface area contributed by atoms with Gasteiger partial charge in [-0.1, -0.05) is 18.2 Å². The molecule has 0 saturated carbocycles. The molecule has 0 aliphatic rings. The lowest BCUT2D eigenvalue weighted by atomic mass is 10.2. The van der Waals surface area contributed by atoms with Crippen molar-refractivity contribution in [2.24, 2.45) is 0 Å². The number of carbonyl (C=O) groups excluding carboxylic acids is 1. The van der Waals surface area contributed by atoms with E-state index >= 15 is 0 Å².